The minimum Gasteiger partial charge on any atom is -0.314 e. The van der Waals surface area contributed by atoms with Crippen molar-refractivity contribution in [2.45, 2.75) is 37.1 Å². The quantitative estimate of drug-likeness (QED) is 0.609. The van der Waals surface area contributed by atoms with Gasteiger partial charge in [0.2, 0.25) is 10.0 Å². The van der Waals surface area contributed by atoms with Crippen LogP contribution in [-0.4, -0.2) is 32.5 Å². The summed E-state index contributed by atoms with van der Waals surface area (Å²) in [5.74, 6) is 0. The number of rotatable bonds is 6. The summed E-state index contributed by atoms with van der Waals surface area (Å²) in [6.07, 6.45) is 2.88. The molecule has 8 heteroatoms. The third-order valence-corrected chi connectivity index (χ3v) is 5.29. The lowest BCUT2D eigenvalue weighted by molar-refractivity contribution is -0.385. The summed E-state index contributed by atoms with van der Waals surface area (Å²) in [7, 11) is -3.72. The number of hydrogen-bond donors (Lipinski definition) is 2. The fourth-order valence-corrected chi connectivity index (χ4v) is 3.85. The van der Waals surface area contributed by atoms with Gasteiger partial charge in [0, 0.05) is 24.2 Å². The van der Waals surface area contributed by atoms with Gasteiger partial charge in [0.05, 0.1) is 9.82 Å². The minimum absolute atomic E-state index is 0.0314. The van der Waals surface area contributed by atoms with E-state index in [-0.39, 0.29) is 16.1 Å². The maximum Gasteiger partial charge on any atom is 0.273 e. The van der Waals surface area contributed by atoms with Gasteiger partial charge in [-0.1, -0.05) is 6.07 Å². The Balaban J connectivity index is 2.08. The Bertz CT molecular complexity index is 624. The highest BCUT2D eigenvalue weighted by Gasteiger charge is 2.23. The Morgan fingerprint density at radius 2 is 2.24 bits per heavy atom. The number of nitrogens with one attached hydrogen (secondary N) is 2. The van der Waals surface area contributed by atoms with Crippen molar-refractivity contribution in [2.75, 3.05) is 13.1 Å². The van der Waals surface area contributed by atoms with E-state index in [1.54, 1.807) is 0 Å². The molecule has 1 heterocycles. The summed E-state index contributed by atoms with van der Waals surface area (Å²) in [5, 5.41) is 14.2. The van der Waals surface area contributed by atoms with Crippen LogP contribution in [0.3, 0.4) is 0 Å². The first-order valence-corrected chi connectivity index (χ1v) is 8.37. The molecule has 1 aliphatic rings. The third-order valence-electron chi connectivity index (χ3n) is 3.69. The Hall–Kier alpha value is -1.51. The second-order valence-corrected chi connectivity index (χ2v) is 6.87. The van der Waals surface area contributed by atoms with Crippen LogP contribution in [0.15, 0.2) is 23.1 Å². The van der Waals surface area contributed by atoms with Crippen LogP contribution in [0.2, 0.25) is 0 Å². The molecule has 0 radical (unpaired) electrons. The summed E-state index contributed by atoms with van der Waals surface area (Å²) >= 11 is 0. The molecule has 0 saturated carbocycles. The van der Waals surface area contributed by atoms with Gasteiger partial charge in [-0.15, -0.1) is 0 Å². The molecule has 0 amide bonds. The first kappa shape index (κ1) is 15.9. The van der Waals surface area contributed by atoms with E-state index in [1.807, 2.05) is 0 Å². The zero-order chi connectivity index (χ0) is 15.5. The predicted molar refractivity (Wildman–Crippen MR) is 78.7 cm³/mol. The molecule has 1 aromatic carbocycles. The molecule has 2 rings (SSSR count). The SMILES string of the molecule is Cc1c([N+](=O)[O-])cccc1S(=O)(=O)NCCC1CCCN1. The summed E-state index contributed by atoms with van der Waals surface area (Å²) in [4.78, 5) is 10.3. The van der Waals surface area contributed by atoms with Crippen LogP contribution in [-0.2, 0) is 10.0 Å². The van der Waals surface area contributed by atoms with Gasteiger partial charge in [-0.3, -0.25) is 10.1 Å². The molecule has 0 bridgehead atoms. The summed E-state index contributed by atoms with van der Waals surface area (Å²) in [6.45, 7) is 2.74. The molecule has 116 valence electrons. The van der Waals surface area contributed by atoms with Gasteiger partial charge in [0.1, 0.15) is 0 Å². The van der Waals surface area contributed by atoms with Crippen LogP contribution in [0.4, 0.5) is 5.69 Å². The van der Waals surface area contributed by atoms with Crippen LogP contribution >= 0.6 is 0 Å². The van der Waals surface area contributed by atoms with Crippen molar-refractivity contribution in [3.63, 3.8) is 0 Å². The van der Waals surface area contributed by atoms with Gasteiger partial charge in [0.15, 0.2) is 0 Å². The molecular weight excluding hydrogens is 294 g/mol. The molecule has 1 aromatic rings. The van der Waals surface area contributed by atoms with E-state index in [9.17, 15) is 18.5 Å². The minimum atomic E-state index is -3.72. The predicted octanol–water partition coefficient (Wildman–Crippen LogP) is 1.32. The maximum atomic E-state index is 12.2. The van der Waals surface area contributed by atoms with Crippen molar-refractivity contribution < 1.29 is 13.3 Å². The van der Waals surface area contributed by atoms with E-state index in [1.165, 1.54) is 25.1 Å². The number of nitro benzene ring substituents is 1. The Kier molecular flexibility index (Phi) is 4.92. The van der Waals surface area contributed by atoms with E-state index >= 15 is 0 Å². The largest absolute Gasteiger partial charge is 0.314 e. The number of sulfonamides is 1. The van der Waals surface area contributed by atoms with Gasteiger partial charge in [-0.05, 0) is 38.8 Å². The fourth-order valence-electron chi connectivity index (χ4n) is 2.54. The molecule has 0 aliphatic carbocycles. The van der Waals surface area contributed by atoms with Crippen molar-refractivity contribution in [3.8, 4) is 0 Å². The lowest BCUT2D eigenvalue weighted by Gasteiger charge is -2.12. The van der Waals surface area contributed by atoms with Crippen LogP contribution in [0, 0.1) is 17.0 Å². The average Bonchev–Trinajstić information content (AvgIpc) is 2.91. The highest BCUT2D eigenvalue weighted by atomic mass is 32.2. The van der Waals surface area contributed by atoms with Gasteiger partial charge in [-0.25, -0.2) is 13.1 Å². The lowest BCUT2D eigenvalue weighted by atomic mass is 10.2. The van der Waals surface area contributed by atoms with E-state index in [4.69, 9.17) is 0 Å². The smallest absolute Gasteiger partial charge is 0.273 e. The van der Waals surface area contributed by atoms with E-state index in [2.05, 4.69) is 10.0 Å². The highest BCUT2D eigenvalue weighted by Crippen LogP contribution is 2.24. The molecule has 1 aliphatic heterocycles. The average molecular weight is 313 g/mol. The number of benzene rings is 1. The summed E-state index contributed by atoms with van der Waals surface area (Å²) in [6, 6.07) is 4.42. The van der Waals surface area contributed by atoms with Crippen molar-refractivity contribution in [2.24, 2.45) is 0 Å². The van der Waals surface area contributed by atoms with E-state index < -0.39 is 14.9 Å². The molecular formula is C13H19N3O4S. The molecule has 7 nitrogen and oxygen atoms in total. The molecule has 1 atom stereocenters. The topological polar surface area (TPSA) is 101 Å². The van der Waals surface area contributed by atoms with Crippen molar-refractivity contribution in [3.05, 3.63) is 33.9 Å². The molecule has 21 heavy (non-hydrogen) atoms. The van der Waals surface area contributed by atoms with E-state index in [0.29, 0.717) is 19.0 Å². The number of hydrogen-bond acceptors (Lipinski definition) is 5. The van der Waals surface area contributed by atoms with Crippen LogP contribution in [0.5, 0.6) is 0 Å². The van der Waals surface area contributed by atoms with E-state index in [0.717, 1.165) is 19.4 Å². The van der Waals surface area contributed by atoms with Crippen molar-refractivity contribution in [1.82, 2.24) is 10.0 Å². The highest BCUT2D eigenvalue weighted by molar-refractivity contribution is 7.89. The van der Waals surface area contributed by atoms with Gasteiger partial charge in [0.25, 0.3) is 5.69 Å². The molecule has 0 spiro atoms. The first-order valence-electron chi connectivity index (χ1n) is 6.89. The first-order chi connectivity index (χ1) is 9.92. The number of nitro groups is 1. The molecule has 2 N–H and O–H groups in total. The summed E-state index contributed by atoms with van der Waals surface area (Å²) < 4.78 is 27.0. The number of nitrogens with zero attached hydrogens (tertiary/aromatic N) is 1. The van der Waals surface area contributed by atoms with Crippen LogP contribution in [0.25, 0.3) is 0 Å². The van der Waals surface area contributed by atoms with Crippen molar-refractivity contribution in [1.29, 1.82) is 0 Å². The van der Waals surface area contributed by atoms with Gasteiger partial charge in [-0.2, -0.15) is 0 Å². The molecule has 0 aromatic heterocycles. The molecule has 1 unspecified atom stereocenters. The lowest BCUT2D eigenvalue weighted by Crippen LogP contribution is -2.31. The Labute approximate surface area is 123 Å². The Morgan fingerprint density at radius 1 is 1.48 bits per heavy atom. The summed E-state index contributed by atoms with van der Waals surface area (Å²) in [5.41, 5.74) is -0.0238. The third kappa shape index (κ3) is 3.78. The van der Waals surface area contributed by atoms with Crippen LogP contribution in [0.1, 0.15) is 24.8 Å². The second kappa shape index (κ2) is 6.50. The molecule has 1 fully saturated rings. The monoisotopic (exact) mass is 313 g/mol. The van der Waals surface area contributed by atoms with Crippen LogP contribution < -0.4 is 10.0 Å². The fraction of sp³-hybridized carbons (Fsp3) is 0.538. The maximum absolute atomic E-state index is 12.2. The molecule has 1 saturated heterocycles. The van der Waals surface area contributed by atoms with Gasteiger partial charge >= 0.3 is 0 Å². The zero-order valence-corrected chi connectivity index (χ0v) is 12.6. The normalized spacial score (nSPS) is 18.8. The van der Waals surface area contributed by atoms with Crippen molar-refractivity contribution >= 4 is 15.7 Å². The standard InChI is InChI=1S/C13H19N3O4S/c1-10-12(16(17)18)5-2-6-13(10)21(19,20)15-9-7-11-4-3-8-14-11/h2,5-6,11,14-15H,3-4,7-9H2,1H3. The Morgan fingerprint density at radius 3 is 2.86 bits per heavy atom. The zero-order valence-electron chi connectivity index (χ0n) is 11.8. The van der Waals surface area contributed by atoms with Gasteiger partial charge < -0.3 is 5.32 Å². The second-order valence-electron chi connectivity index (χ2n) is 5.14.